The highest BCUT2D eigenvalue weighted by atomic mass is 35.5. The van der Waals surface area contributed by atoms with Crippen LogP contribution < -0.4 is 0 Å². The molecule has 7 heteroatoms. The first-order valence-corrected chi connectivity index (χ1v) is 9.48. The monoisotopic (exact) mass is 408 g/mol. The summed E-state index contributed by atoms with van der Waals surface area (Å²) in [5.41, 5.74) is 2.98. The summed E-state index contributed by atoms with van der Waals surface area (Å²) in [6.07, 6.45) is -0.0942. The summed E-state index contributed by atoms with van der Waals surface area (Å²) in [5, 5.41) is 1.16. The lowest BCUT2D eigenvalue weighted by Crippen LogP contribution is -2.32. The third-order valence-electron chi connectivity index (χ3n) is 4.80. The SMILES string of the molecule is Cc1ccc2c(c1)C(=O)N(CCC(=O)OCc1cc3ccccc3nc1Cl)C2=O. The molecule has 0 spiro atoms. The number of rotatable bonds is 5. The number of carbonyl (C=O) groups is 3. The van der Waals surface area contributed by atoms with Crippen molar-refractivity contribution in [2.75, 3.05) is 6.54 Å². The van der Waals surface area contributed by atoms with Crippen LogP contribution >= 0.6 is 11.6 Å². The summed E-state index contributed by atoms with van der Waals surface area (Å²) in [6.45, 7) is 1.79. The Morgan fingerprint density at radius 1 is 1.07 bits per heavy atom. The highest BCUT2D eigenvalue weighted by Gasteiger charge is 2.35. The molecule has 0 N–H and O–H groups in total. The van der Waals surface area contributed by atoms with Gasteiger partial charge in [-0.05, 0) is 31.2 Å². The van der Waals surface area contributed by atoms with Crippen molar-refractivity contribution in [3.63, 3.8) is 0 Å². The van der Waals surface area contributed by atoms with Gasteiger partial charge in [0.05, 0.1) is 23.1 Å². The van der Waals surface area contributed by atoms with Crippen molar-refractivity contribution in [3.8, 4) is 0 Å². The number of benzene rings is 2. The second-order valence-corrected chi connectivity index (χ2v) is 7.21. The van der Waals surface area contributed by atoms with Crippen molar-refractivity contribution in [2.24, 2.45) is 0 Å². The topological polar surface area (TPSA) is 76.6 Å². The number of nitrogens with zero attached hydrogens (tertiary/aromatic N) is 2. The van der Waals surface area contributed by atoms with E-state index < -0.39 is 5.97 Å². The fourth-order valence-corrected chi connectivity index (χ4v) is 3.48. The number of carbonyl (C=O) groups excluding carboxylic acids is 3. The predicted molar refractivity (Wildman–Crippen MR) is 108 cm³/mol. The summed E-state index contributed by atoms with van der Waals surface area (Å²) < 4.78 is 5.27. The van der Waals surface area contributed by atoms with E-state index in [1.54, 1.807) is 18.2 Å². The molecule has 2 amide bonds. The van der Waals surface area contributed by atoms with Crippen LogP contribution in [0.4, 0.5) is 0 Å². The number of aromatic nitrogens is 1. The number of imide groups is 1. The van der Waals surface area contributed by atoms with Gasteiger partial charge in [0.2, 0.25) is 0 Å². The molecule has 0 unspecified atom stereocenters. The summed E-state index contributed by atoms with van der Waals surface area (Å²) in [7, 11) is 0. The minimum absolute atomic E-state index is 0.0309. The molecule has 6 nitrogen and oxygen atoms in total. The van der Waals surface area contributed by atoms with Crippen LogP contribution in [-0.2, 0) is 16.1 Å². The van der Waals surface area contributed by atoms with Crippen LogP contribution in [-0.4, -0.2) is 34.2 Å². The molecule has 2 heterocycles. The van der Waals surface area contributed by atoms with Gasteiger partial charge in [-0.25, -0.2) is 4.98 Å². The van der Waals surface area contributed by atoms with Crippen molar-refractivity contribution in [3.05, 3.63) is 75.9 Å². The van der Waals surface area contributed by atoms with Crippen molar-refractivity contribution < 1.29 is 19.1 Å². The van der Waals surface area contributed by atoms with Gasteiger partial charge in [0, 0.05) is 17.5 Å². The quantitative estimate of drug-likeness (QED) is 0.363. The zero-order chi connectivity index (χ0) is 20.5. The molecule has 0 saturated carbocycles. The van der Waals surface area contributed by atoms with E-state index in [4.69, 9.17) is 16.3 Å². The van der Waals surface area contributed by atoms with E-state index in [-0.39, 0.29) is 36.5 Å². The molecule has 146 valence electrons. The lowest BCUT2D eigenvalue weighted by Gasteiger charge is -2.13. The van der Waals surface area contributed by atoms with Gasteiger partial charge in [-0.2, -0.15) is 0 Å². The van der Waals surface area contributed by atoms with E-state index >= 15 is 0 Å². The largest absolute Gasteiger partial charge is 0.461 e. The molecule has 0 saturated heterocycles. The average Bonchev–Trinajstić information content (AvgIpc) is 2.94. The Morgan fingerprint density at radius 2 is 1.83 bits per heavy atom. The normalized spacial score (nSPS) is 13.1. The number of aryl methyl sites for hydroxylation is 1. The minimum Gasteiger partial charge on any atom is -0.461 e. The van der Waals surface area contributed by atoms with Gasteiger partial charge in [-0.15, -0.1) is 0 Å². The summed E-state index contributed by atoms with van der Waals surface area (Å²) in [4.78, 5) is 42.4. The van der Waals surface area contributed by atoms with E-state index in [2.05, 4.69) is 4.98 Å². The number of para-hydroxylation sites is 1. The van der Waals surface area contributed by atoms with Crippen molar-refractivity contribution in [1.29, 1.82) is 0 Å². The summed E-state index contributed by atoms with van der Waals surface area (Å²) in [5.74, 6) is -1.30. The molecule has 3 aromatic rings. The maximum absolute atomic E-state index is 12.4. The molecule has 29 heavy (non-hydrogen) atoms. The van der Waals surface area contributed by atoms with E-state index in [1.165, 1.54) is 0 Å². The zero-order valence-corrected chi connectivity index (χ0v) is 16.4. The third-order valence-corrected chi connectivity index (χ3v) is 5.13. The summed E-state index contributed by atoms with van der Waals surface area (Å²) >= 11 is 6.17. The average molecular weight is 409 g/mol. The molecule has 1 aromatic heterocycles. The first-order valence-electron chi connectivity index (χ1n) is 9.10. The molecule has 0 fully saturated rings. The second kappa shape index (κ2) is 7.64. The van der Waals surface area contributed by atoms with Gasteiger partial charge in [-0.1, -0.05) is 41.4 Å². The van der Waals surface area contributed by atoms with Gasteiger partial charge in [-0.3, -0.25) is 19.3 Å². The van der Waals surface area contributed by atoms with E-state index in [0.717, 1.165) is 21.4 Å². The van der Waals surface area contributed by atoms with Crippen LogP contribution in [0.25, 0.3) is 10.9 Å². The van der Waals surface area contributed by atoms with Gasteiger partial charge < -0.3 is 4.74 Å². The fraction of sp³-hybridized carbons (Fsp3) is 0.182. The van der Waals surface area contributed by atoms with Crippen LogP contribution in [0.15, 0.2) is 48.5 Å². The Hall–Kier alpha value is -3.25. The first-order chi connectivity index (χ1) is 13.9. The highest BCUT2D eigenvalue weighted by molar-refractivity contribution is 6.30. The van der Waals surface area contributed by atoms with Crippen LogP contribution in [0.1, 0.15) is 38.3 Å². The van der Waals surface area contributed by atoms with Crippen LogP contribution in [0, 0.1) is 6.92 Å². The molecular weight excluding hydrogens is 392 g/mol. The number of amides is 2. The van der Waals surface area contributed by atoms with E-state index in [9.17, 15) is 14.4 Å². The number of halogens is 1. The molecule has 0 atom stereocenters. The molecule has 1 aliphatic heterocycles. The first kappa shape index (κ1) is 19.1. The number of fused-ring (bicyclic) bond motifs is 2. The van der Waals surface area contributed by atoms with Gasteiger partial charge in [0.25, 0.3) is 11.8 Å². The molecule has 1 aliphatic rings. The summed E-state index contributed by atoms with van der Waals surface area (Å²) in [6, 6.07) is 14.4. The fourth-order valence-electron chi connectivity index (χ4n) is 3.28. The van der Waals surface area contributed by atoms with Crippen molar-refractivity contribution in [1.82, 2.24) is 9.88 Å². The Bertz CT molecular complexity index is 1160. The Kier molecular flexibility index (Phi) is 5.03. The molecule has 2 aromatic carbocycles. The maximum Gasteiger partial charge on any atom is 0.307 e. The Balaban J connectivity index is 1.37. The molecular formula is C22H17ClN2O4. The zero-order valence-electron chi connectivity index (χ0n) is 15.6. The number of hydrogen-bond donors (Lipinski definition) is 0. The molecule has 0 aliphatic carbocycles. The van der Waals surface area contributed by atoms with E-state index in [1.807, 2.05) is 37.3 Å². The number of hydrogen-bond acceptors (Lipinski definition) is 5. The van der Waals surface area contributed by atoms with Gasteiger partial charge in [0.15, 0.2) is 0 Å². The minimum atomic E-state index is -0.526. The molecule has 0 radical (unpaired) electrons. The van der Waals surface area contributed by atoms with Gasteiger partial charge >= 0.3 is 5.97 Å². The number of ether oxygens (including phenoxy) is 1. The van der Waals surface area contributed by atoms with Crippen LogP contribution in [0.5, 0.6) is 0 Å². The highest BCUT2D eigenvalue weighted by Crippen LogP contribution is 2.24. The Labute approximate surface area is 172 Å². The van der Waals surface area contributed by atoms with Gasteiger partial charge in [0.1, 0.15) is 11.8 Å². The van der Waals surface area contributed by atoms with Crippen LogP contribution in [0.2, 0.25) is 5.15 Å². The van der Waals surface area contributed by atoms with Crippen LogP contribution in [0.3, 0.4) is 0 Å². The lowest BCUT2D eigenvalue weighted by molar-refractivity contribution is -0.145. The number of pyridine rings is 1. The predicted octanol–water partition coefficient (Wildman–Crippen LogP) is 3.93. The van der Waals surface area contributed by atoms with Crippen molar-refractivity contribution >= 4 is 40.3 Å². The smallest absolute Gasteiger partial charge is 0.307 e. The van der Waals surface area contributed by atoms with E-state index in [0.29, 0.717) is 16.7 Å². The Morgan fingerprint density at radius 3 is 2.66 bits per heavy atom. The second-order valence-electron chi connectivity index (χ2n) is 6.85. The molecule has 4 rings (SSSR count). The maximum atomic E-state index is 12.4. The lowest BCUT2D eigenvalue weighted by atomic mass is 10.1. The number of esters is 1. The molecule has 0 bridgehead atoms. The third kappa shape index (κ3) is 3.71. The standard InChI is InChI=1S/C22H17ClN2O4/c1-13-6-7-16-17(10-13)22(28)25(21(16)27)9-8-19(26)29-12-15-11-14-4-2-3-5-18(14)24-20(15)23/h2-7,10-11H,8-9,12H2,1H3. The van der Waals surface area contributed by atoms with Crippen molar-refractivity contribution in [2.45, 2.75) is 20.0 Å².